The maximum atomic E-state index is 3.25. The van der Waals surface area contributed by atoms with Crippen LogP contribution >= 0.6 is 0 Å². The second-order valence-electron chi connectivity index (χ2n) is 3.68. The Morgan fingerprint density at radius 2 is 2.23 bits per heavy atom. The van der Waals surface area contributed by atoms with Crippen molar-refractivity contribution in [1.29, 1.82) is 0 Å². The standard InChI is InChI=1S/C11H16N2/c1-12-11-5-3-4-9-8-13(2)7-6-10(9)11/h3-5,12H,6-8H2,1-2H3. The highest BCUT2D eigenvalue weighted by molar-refractivity contribution is 5.55. The number of nitrogens with zero attached hydrogens (tertiary/aromatic N) is 1. The number of fused-ring (bicyclic) bond motifs is 1. The average Bonchev–Trinajstić information content (AvgIpc) is 2.16. The van der Waals surface area contributed by atoms with E-state index in [-0.39, 0.29) is 0 Å². The lowest BCUT2D eigenvalue weighted by molar-refractivity contribution is 0.313. The largest absolute Gasteiger partial charge is 0.388 e. The van der Waals surface area contributed by atoms with E-state index in [1.807, 2.05) is 7.05 Å². The molecule has 13 heavy (non-hydrogen) atoms. The van der Waals surface area contributed by atoms with Gasteiger partial charge in [-0.2, -0.15) is 0 Å². The van der Waals surface area contributed by atoms with Gasteiger partial charge in [0.1, 0.15) is 0 Å². The van der Waals surface area contributed by atoms with E-state index in [0.717, 1.165) is 6.54 Å². The van der Waals surface area contributed by atoms with Crippen molar-refractivity contribution in [3.05, 3.63) is 29.3 Å². The summed E-state index contributed by atoms with van der Waals surface area (Å²) < 4.78 is 0. The Balaban J connectivity index is 2.39. The van der Waals surface area contributed by atoms with Crippen molar-refractivity contribution in [3.63, 3.8) is 0 Å². The molecular weight excluding hydrogens is 160 g/mol. The predicted molar refractivity (Wildman–Crippen MR) is 56.0 cm³/mol. The summed E-state index contributed by atoms with van der Waals surface area (Å²) in [7, 11) is 4.17. The minimum atomic E-state index is 1.09. The van der Waals surface area contributed by atoms with Gasteiger partial charge in [0.05, 0.1) is 0 Å². The van der Waals surface area contributed by atoms with E-state index in [0.29, 0.717) is 0 Å². The number of benzene rings is 1. The van der Waals surface area contributed by atoms with Gasteiger partial charge < -0.3 is 10.2 Å². The third-order valence-corrected chi connectivity index (χ3v) is 2.73. The highest BCUT2D eigenvalue weighted by Crippen LogP contribution is 2.24. The summed E-state index contributed by atoms with van der Waals surface area (Å²) in [5, 5.41) is 3.25. The van der Waals surface area contributed by atoms with Crippen LogP contribution in [0.5, 0.6) is 0 Å². The lowest BCUT2D eigenvalue weighted by atomic mass is 9.98. The smallest absolute Gasteiger partial charge is 0.0373 e. The lowest BCUT2D eigenvalue weighted by Gasteiger charge is -2.26. The first-order valence-corrected chi connectivity index (χ1v) is 4.78. The van der Waals surface area contributed by atoms with Gasteiger partial charge in [-0.25, -0.2) is 0 Å². The van der Waals surface area contributed by atoms with Crippen LogP contribution in [0.2, 0.25) is 0 Å². The molecule has 0 radical (unpaired) electrons. The first-order valence-electron chi connectivity index (χ1n) is 4.78. The fourth-order valence-electron chi connectivity index (χ4n) is 1.98. The Bertz CT molecular complexity index is 307. The fraction of sp³-hybridized carbons (Fsp3) is 0.455. The molecular formula is C11H16N2. The summed E-state index contributed by atoms with van der Waals surface area (Å²) in [6.45, 7) is 2.26. The minimum Gasteiger partial charge on any atom is -0.388 e. The summed E-state index contributed by atoms with van der Waals surface area (Å²) in [5.74, 6) is 0. The van der Waals surface area contributed by atoms with E-state index in [1.54, 1.807) is 0 Å². The number of hydrogen-bond acceptors (Lipinski definition) is 2. The van der Waals surface area contributed by atoms with Crippen molar-refractivity contribution < 1.29 is 0 Å². The summed E-state index contributed by atoms with van der Waals surface area (Å²) in [6.07, 6.45) is 1.17. The van der Waals surface area contributed by atoms with Crippen molar-refractivity contribution in [3.8, 4) is 0 Å². The maximum Gasteiger partial charge on any atom is 0.0373 e. The molecule has 0 saturated carbocycles. The quantitative estimate of drug-likeness (QED) is 0.701. The highest BCUT2D eigenvalue weighted by atomic mass is 15.1. The zero-order valence-electron chi connectivity index (χ0n) is 8.30. The molecule has 0 amide bonds. The van der Waals surface area contributed by atoms with Gasteiger partial charge in [0.15, 0.2) is 0 Å². The molecule has 1 aromatic rings. The van der Waals surface area contributed by atoms with E-state index < -0.39 is 0 Å². The fourth-order valence-corrected chi connectivity index (χ4v) is 1.98. The van der Waals surface area contributed by atoms with Gasteiger partial charge in [0.2, 0.25) is 0 Å². The molecule has 2 heteroatoms. The number of likely N-dealkylation sites (N-methyl/N-ethyl adjacent to an activating group) is 1. The number of anilines is 1. The molecule has 0 fully saturated rings. The topological polar surface area (TPSA) is 15.3 Å². The van der Waals surface area contributed by atoms with E-state index in [9.17, 15) is 0 Å². The molecule has 0 spiro atoms. The molecule has 0 aromatic heterocycles. The molecule has 0 aliphatic carbocycles. The molecule has 1 heterocycles. The summed E-state index contributed by atoms with van der Waals surface area (Å²) >= 11 is 0. The van der Waals surface area contributed by atoms with Crippen LogP contribution in [0.25, 0.3) is 0 Å². The Labute approximate surface area is 79.6 Å². The zero-order chi connectivity index (χ0) is 9.26. The lowest BCUT2D eigenvalue weighted by Crippen LogP contribution is -2.26. The van der Waals surface area contributed by atoms with E-state index >= 15 is 0 Å². The Kier molecular flexibility index (Phi) is 2.23. The number of rotatable bonds is 1. The molecule has 1 aromatic carbocycles. The van der Waals surface area contributed by atoms with Crippen LogP contribution in [0.4, 0.5) is 5.69 Å². The summed E-state index contributed by atoms with van der Waals surface area (Å²) in [4.78, 5) is 2.36. The van der Waals surface area contributed by atoms with Gasteiger partial charge in [0, 0.05) is 25.8 Å². The molecule has 0 atom stereocenters. The van der Waals surface area contributed by atoms with Crippen LogP contribution in [0.15, 0.2) is 18.2 Å². The molecule has 1 aliphatic heterocycles. The SMILES string of the molecule is CNc1cccc2c1CCN(C)C2. The first-order chi connectivity index (χ1) is 6.31. The van der Waals surface area contributed by atoms with Crippen LogP contribution in [-0.2, 0) is 13.0 Å². The Morgan fingerprint density at radius 3 is 3.00 bits per heavy atom. The molecule has 2 nitrogen and oxygen atoms in total. The minimum absolute atomic E-state index is 1.09. The van der Waals surface area contributed by atoms with Gasteiger partial charge in [-0.05, 0) is 30.7 Å². The third kappa shape index (κ3) is 1.54. The molecule has 0 bridgehead atoms. The van der Waals surface area contributed by atoms with Crippen molar-refractivity contribution in [2.45, 2.75) is 13.0 Å². The molecule has 0 saturated heterocycles. The summed E-state index contributed by atoms with van der Waals surface area (Å²) in [6, 6.07) is 6.51. The third-order valence-electron chi connectivity index (χ3n) is 2.73. The Morgan fingerprint density at radius 1 is 1.38 bits per heavy atom. The number of hydrogen-bond donors (Lipinski definition) is 1. The normalized spacial score (nSPS) is 16.8. The maximum absolute atomic E-state index is 3.25. The van der Waals surface area contributed by atoms with Gasteiger partial charge in [-0.1, -0.05) is 12.1 Å². The van der Waals surface area contributed by atoms with Crippen LogP contribution in [0.1, 0.15) is 11.1 Å². The van der Waals surface area contributed by atoms with E-state index in [4.69, 9.17) is 0 Å². The van der Waals surface area contributed by atoms with E-state index in [1.165, 1.54) is 29.8 Å². The second kappa shape index (κ2) is 3.38. The average molecular weight is 176 g/mol. The monoisotopic (exact) mass is 176 g/mol. The molecule has 1 N–H and O–H groups in total. The van der Waals surface area contributed by atoms with Crippen molar-refractivity contribution in [2.24, 2.45) is 0 Å². The Hall–Kier alpha value is -1.02. The van der Waals surface area contributed by atoms with Crippen LogP contribution in [-0.4, -0.2) is 25.5 Å². The molecule has 70 valence electrons. The first kappa shape index (κ1) is 8.57. The molecule has 1 aliphatic rings. The van der Waals surface area contributed by atoms with Crippen LogP contribution in [0.3, 0.4) is 0 Å². The predicted octanol–water partition coefficient (Wildman–Crippen LogP) is 1.72. The van der Waals surface area contributed by atoms with E-state index in [2.05, 4.69) is 35.5 Å². The van der Waals surface area contributed by atoms with Crippen molar-refractivity contribution >= 4 is 5.69 Å². The van der Waals surface area contributed by atoms with Crippen molar-refractivity contribution in [1.82, 2.24) is 4.90 Å². The van der Waals surface area contributed by atoms with Crippen molar-refractivity contribution in [2.75, 3.05) is 26.0 Å². The van der Waals surface area contributed by atoms with Gasteiger partial charge >= 0.3 is 0 Å². The molecule has 0 unspecified atom stereocenters. The van der Waals surface area contributed by atoms with Gasteiger partial charge in [0.25, 0.3) is 0 Å². The number of nitrogens with one attached hydrogen (secondary N) is 1. The molecule has 2 rings (SSSR count). The summed E-state index contributed by atoms with van der Waals surface area (Å²) in [5.41, 5.74) is 4.27. The van der Waals surface area contributed by atoms with Crippen LogP contribution in [0, 0.1) is 0 Å². The second-order valence-corrected chi connectivity index (χ2v) is 3.68. The zero-order valence-corrected chi connectivity index (χ0v) is 8.30. The highest BCUT2D eigenvalue weighted by Gasteiger charge is 2.14. The van der Waals surface area contributed by atoms with Crippen LogP contribution < -0.4 is 5.32 Å². The van der Waals surface area contributed by atoms with Gasteiger partial charge in [-0.3, -0.25) is 0 Å². The van der Waals surface area contributed by atoms with Gasteiger partial charge in [-0.15, -0.1) is 0 Å².